The van der Waals surface area contributed by atoms with Crippen LogP contribution < -0.4 is 10.6 Å². The van der Waals surface area contributed by atoms with Crippen molar-refractivity contribution in [3.63, 3.8) is 0 Å². The Morgan fingerprint density at radius 2 is 1.47 bits per heavy atom. The zero-order chi connectivity index (χ0) is 24.9. The molecule has 5 N–H and O–H groups in total. The Bertz CT molecular complexity index is 1270. The average molecular weight is 491 g/mol. The van der Waals surface area contributed by atoms with Gasteiger partial charge >= 0.3 is 0 Å². The number of anilines is 2. The van der Waals surface area contributed by atoms with Crippen molar-refractivity contribution < 1.29 is 20.1 Å². The number of nitrogens with zero attached hydrogens (tertiary/aromatic N) is 4. The molecule has 0 spiro atoms. The van der Waals surface area contributed by atoms with E-state index in [1.54, 1.807) is 4.57 Å². The van der Waals surface area contributed by atoms with Gasteiger partial charge in [0.2, 0.25) is 5.95 Å². The smallest absolute Gasteiger partial charge is 0.226 e. The highest BCUT2D eigenvalue weighted by molar-refractivity contribution is 5.84. The third kappa shape index (κ3) is 5.17. The van der Waals surface area contributed by atoms with Crippen molar-refractivity contribution in [2.75, 3.05) is 30.3 Å². The zero-order valence-electron chi connectivity index (χ0n) is 19.7. The number of benzene rings is 2. The number of fused-ring (bicyclic) bond motifs is 1. The second kappa shape index (κ2) is 11.0. The number of aromatic nitrogens is 4. The number of hydrogen-bond donors (Lipinski definition) is 5. The lowest BCUT2D eigenvalue weighted by molar-refractivity contribution is -0.0511. The van der Waals surface area contributed by atoms with Crippen LogP contribution in [0.3, 0.4) is 0 Å². The molecule has 3 heterocycles. The van der Waals surface area contributed by atoms with Crippen LogP contribution in [-0.4, -0.2) is 72.8 Å². The molecule has 1 fully saturated rings. The Labute approximate surface area is 208 Å². The Morgan fingerprint density at radius 3 is 2.08 bits per heavy atom. The minimum absolute atomic E-state index is 0.408. The largest absolute Gasteiger partial charge is 0.394 e. The lowest BCUT2D eigenvalue weighted by atomic mass is 10.1. The first-order chi connectivity index (χ1) is 17.6. The van der Waals surface area contributed by atoms with Crippen LogP contribution in [0.2, 0.25) is 0 Å². The van der Waals surface area contributed by atoms with Gasteiger partial charge in [-0.15, -0.1) is 0 Å². The maximum absolute atomic E-state index is 10.6. The van der Waals surface area contributed by atoms with E-state index < -0.39 is 31.1 Å². The first-order valence-electron chi connectivity index (χ1n) is 12.1. The molecule has 10 nitrogen and oxygen atoms in total. The van der Waals surface area contributed by atoms with Gasteiger partial charge in [0.15, 0.2) is 23.2 Å². The fraction of sp³-hybridized carbons (Fsp3) is 0.346. The van der Waals surface area contributed by atoms with Crippen LogP contribution in [0.25, 0.3) is 11.2 Å². The van der Waals surface area contributed by atoms with Gasteiger partial charge < -0.3 is 30.7 Å². The van der Waals surface area contributed by atoms with Gasteiger partial charge in [-0.05, 0) is 24.0 Å². The first-order valence-corrected chi connectivity index (χ1v) is 12.1. The van der Waals surface area contributed by atoms with E-state index in [1.807, 2.05) is 36.4 Å². The van der Waals surface area contributed by atoms with E-state index in [2.05, 4.69) is 49.9 Å². The summed E-state index contributed by atoms with van der Waals surface area (Å²) < 4.78 is 7.29. The molecule has 2 aromatic heterocycles. The molecule has 0 radical (unpaired) electrons. The van der Waals surface area contributed by atoms with Crippen LogP contribution in [0.4, 0.5) is 11.8 Å². The number of rotatable bonds is 10. The quantitative estimate of drug-likeness (QED) is 0.225. The van der Waals surface area contributed by atoms with Crippen LogP contribution in [0, 0.1) is 0 Å². The van der Waals surface area contributed by atoms with Gasteiger partial charge in [0.25, 0.3) is 0 Å². The molecule has 36 heavy (non-hydrogen) atoms. The summed E-state index contributed by atoms with van der Waals surface area (Å²) in [6, 6.07) is 20.3. The summed E-state index contributed by atoms with van der Waals surface area (Å²) in [5, 5.41) is 36.9. The molecular weight excluding hydrogens is 460 g/mol. The van der Waals surface area contributed by atoms with Crippen LogP contribution in [0.5, 0.6) is 0 Å². The first kappa shape index (κ1) is 24.1. The molecule has 4 aromatic rings. The molecule has 0 bridgehead atoms. The van der Waals surface area contributed by atoms with Crippen LogP contribution in [0.15, 0.2) is 67.0 Å². The third-order valence-corrected chi connectivity index (χ3v) is 6.30. The van der Waals surface area contributed by atoms with Crippen molar-refractivity contribution in [2.45, 2.75) is 37.4 Å². The molecule has 0 amide bonds. The second-order valence-corrected chi connectivity index (χ2v) is 8.77. The fourth-order valence-corrected chi connectivity index (χ4v) is 4.35. The molecule has 2 aromatic carbocycles. The van der Waals surface area contributed by atoms with Gasteiger partial charge in [-0.2, -0.15) is 9.97 Å². The summed E-state index contributed by atoms with van der Waals surface area (Å²) in [7, 11) is 0. The molecule has 4 unspecified atom stereocenters. The topological polar surface area (TPSA) is 138 Å². The predicted molar refractivity (Wildman–Crippen MR) is 136 cm³/mol. The maximum Gasteiger partial charge on any atom is 0.226 e. The van der Waals surface area contributed by atoms with Crippen molar-refractivity contribution >= 4 is 22.9 Å². The minimum Gasteiger partial charge on any atom is -0.394 e. The number of hydrogen-bond acceptors (Lipinski definition) is 9. The van der Waals surface area contributed by atoms with E-state index in [4.69, 9.17) is 4.74 Å². The van der Waals surface area contributed by atoms with Crippen LogP contribution >= 0.6 is 0 Å². The number of nitrogens with one attached hydrogen (secondary N) is 2. The summed E-state index contributed by atoms with van der Waals surface area (Å²) in [6.45, 7) is 0.857. The molecule has 1 aliphatic heterocycles. The maximum atomic E-state index is 10.6. The second-order valence-electron chi connectivity index (χ2n) is 8.77. The lowest BCUT2D eigenvalue weighted by Crippen LogP contribution is -2.33. The molecule has 1 saturated heterocycles. The minimum atomic E-state index is -1.24. The molecule has 0 aliphatic carbocycles. The van der Waals surface area contributed by atoms with E-state index in [1.165, 1.54) is 17.5 Å². The standard InChI is InChI=1S/C26H30N6O4/c33-15-19-21(34)22(35)25(36-19)32-16-29-20-23(27-13-11-17-7-3-1-4-8-17)30-26(31-24(20)32)28-14-12-18-9-5-2-6-10-18/h1-10,16,19,21-22,25,33-35H,11-15H2,(H2,27,28,30,31). The zero-order valence-corrected chi connectivity index (χ0v) is 19.7. The number of imidazole rings is 1. The number of aliphatic hydroxyl groups is 3. The molecular formula is C26H30N6O4. The van der Waals surface area contributed by atoms with Crippen molar-refractivity contribution in [3.05, 3.63) is 78.1 Å². The van der Waals surface area contributed by atoms with Gasteiger partial charge in [-0.3, -0.25) is 4.57 Å². The van der Waals surface area contributed by atoms with Crippen LogP contribution in [-0.2, 0) is 17.6 Å². The van der Waals surface area contributed by atoms with Gasteiger partial charge in [0.1, 0.15) is 18.3 Å². The number of aliphatic hydroxyl groups excluding tert-OH is 3. The summed E-state index contributed by atoms with van der Waals surface area (Å²) in [6.07, 6.45) is -1.17. The highest BCUT2D eigenvalue weighted by atomic mass is 16.6. The van der Waals surface area contributed by atoms with Gasteiger partial charge in [-0.1, -0.05) is 60.7 Å². The summed E-state index contributed by atoms with van der Waals surface area (Å²) in [5.74, 6) is 0.970. The molecule has 1 aliphatic rings. The highest BCUT2D eigenvalue weighted by Crippen LogP contribution is 2.32. The van der Waals surface area contributed by atoms with Gasteiger partial charge in [-0.25, -0.2) is 4.98 Å². The van der Waals surface area contributed by atoms with Crippen molar-refractivity contribution in [3.8, 4) is 0 Å². The average Bonchev–Trinajstić information content (AvgIpc) is 3.45. The van der Waals surface area contributed by atoms with Crippen molar-refractivity contribution in [1.82, 2.24) is 19.5 Å². The van der Waals surface area contributed by atoms with E-state index in [9.17, 15) is 15.3 Å². The van der Waals surface area contributed by atoms with Gasteiger partial charge in [0, 0.05) is 13.1 Å². The third-order valence-electron chi connectivity index (χ3n) is 6.30. The van der Waals surface area contributed by atoms with E-state index >= 15 is 0 Å². The lowest BCUT2D eigenvalue weighted by Gasteiger charge is -2.17. The van der Waals surface area contributed by atoms with E-state index in [0.717, 1.165) is 12.8 Å². The molecule has 4 atom stereocenters. The van der Waals surface area contributed by atoms with Crippen LogP contribution in [0.1, 0.15) is 17.4 Å². The Balaban J connectivity index is 1.40. The van der Waals surface area contributed by atoms with E-state index in [-0.39, 0.29) is 0 Å². The van der Waals surface area contributed by atoms with Crippen molar-refractivity contribution in [1.29, 1.82) is 0 Å². The summed E-state index contributed by atoms with van der Waals surface area (Å²) >= 11 is 0. The van der Waals surface area contributed by atoms with E-state index in [0.29, 0.717) is 36.0 Å². The predicted octanol–water partition coefficient (Wildman–Crippen LogP) is 1.75. The highest BCUT2D eigenvalue weighted by Gasteiger charge is 2.44. The van der Waals surface area contributed by atoms with Crippen molar-refractivity contribution in [2.24, 2.45) is 0 Å². The molecule has 0 saturated carbocycles. The molecule has 5 rings (SSSR count). The normalized spacial score (nSPS) is 21.6. The summed E-state index contributed by atoms with van der Waals surface area (Å²) in [5.41, 5.74) is 3.37. The summed E-state index contributed by atoms with van der Waals surface area (Å²) in [4.78, 5) is 13.8. The Hall–Kier alpha value is -3.57. The Kier molecular flexibility index (Phi) is 7.38. The van der Waals surface area contributed by atoms with Gasteiger partial charge in [0.05, 0.1) is 12.9 Å². The molecule has 188 valence electrons. The monoisotopic (exact) mass is 490 g/mol. The SMILES string of the molecule is OCC1OC(n2cnc3c(NCCc4ccccc4)nc(NCCc4ccccc4)nc32)C(O)C1O. The number of ether oxygens (including phenoxy) is 1. The Morgan fingerprint density at radius 1 is 0.833 bits per heavy atom. The fourth-order valence-electron chi connectivity index (χ4n) is 4.35. The molecule has 10 heteroatoms.